The van der Waals surface area contributed by atoms with Crippen molar-refractivity contribution in [3.63, 3.8) is 0 Å². The van der Waals surface area contributed by atoms with Gasteiger partial charge in [0.2, 0.25) is 0 Å². The Hall–Kier alpha value is -0.230. The summed E-state index contributed by atoms with van der Waals surface area (Å²) in [7, 11) is -9.25. The van der Waals surface area contributed by atoms with Gasteiger partial charge in [-0.2, -0.15) is 0 Å². The summed E-state index contributed by atoms with van der Waals surface area (Å²) in [6, 6.07) is 0. The van der Waals surface area contributed by atoms with Crippen molar-refractivity contribution in [1.82, 2.24) is 0 Å². The number of hydrogen-bond acceptors (Lipinski definition) is 4. The van der Waals surface area contributed by atoms with Crippen LogP contribution in [0.3, 0.4) is 0 Å². The second-order valence-electron chi connectivity index (χ2n) is 2.09. The Bertz CT molecular complexity index is 271. The minimum absolute atomic E-state index is 0.741. The second-order valence-corrected chi connectivity index (χ2v) is 5.03. The molecular weight excluding hydrogens is 226 g/mol. The van der Waals surface area contributed by atoms with Crippen LogP contribution in [-0.4, -0.2) is 31.7 Å². The number of phosphoric acid groups is 1. The van der Waals surface area contributed by atoms with Gasteiger partial charge < -0.3 is 14.3 Å². The van der Waals surface area contributed by atoms with Crippen molar-refractivity contribution in [2.75, 3.05) is 6.16 Å². The van der Waals surface area contributed by atoms with Gasteiger partial charge in [-0.15, -0.1) is 0 Å². The molecule has 0 amide bonds. The van der Waals surface area contributed by atoms with Crippen molar-refractivity contribution in [1.29, 1.82) is 0 Å². The molecule has 0 aliphatic heterocycles. The van der Waals surface area contributed by atoms with Gasteiger partial charge >= 0.3 is 21.4 Å². The molecule has 0 saturated heterocycles. The summed E-state index contributed by atoms with van der Waals surface area (Å²) in [5, 5.41) is 0. The summed E-state index contributed by atoms with van der Waals surface area (Å²) in [5.74, 6) is -1.35. The first-order valence-electron chi connectivity index (χ1n) is 2.93. The van der Waals surface area contributed by atoms with Crippen LogP contribution in [0.4, 0.5) is 0 Å². The molecule has 0 rings (SSSR count). The fourth-order valence-electron chi connectivity index (χ4n) is 0.415. The van der Waals surface area contributed by atoms with Gasteiger partial charge in [0.05, 0.1) is 12.6 Å². The Morgan fingerprint density at radius 2 is 1.62 bits per heavy atom. The minimum atomic E-state index is -4.91. The summed E-state index contributed by atoms with van der Waals surface area (Å²) in [6.45, 7) is 0. The fourth-order valence-corrected chi connectivity index (χ4v) is 1.25. The normalized spacial score (nSPS) is 12.6. The zero-order valence-electron chi connectivity index (χ0n) is 6.23. The van der Waals surface area contributed by atoms with E-state index in [0.717, 1.165) is 0 Å². The molecule has 0 fully saturated rings. The molecule has 0 spiro atoms. The van der Waals surface area contributed by atoms with E-state index in [1.165, 1.54) is 0 Å². The van der Waals surface area contributed by atoms with Gasteiger partial charge in [0.15, 0.2) is 0 Å². The Kier molecular flexibility index (Phi) is 4.25. The van der Waals surface area contributed by atoms with Crippen molar-refractivity contribution in [3.05, 3.63) is 0 Å². The van der Waals surface area contributed by atoms with Crippen LogP contribution >= 0.6 is 15.4 Å². The molecule has 0 aromatic carbocycles. The molecule has 13 heavy (non-hydrogen) atoms. The molecule has 0 radical (unpaired) electrons. The molecule has 0 heterocycles. The summed E-state index contributed by atoms with van der Waals surface area (Å²) in [4.78, 5) is 43.2. The molecule has 8 nitrogen and oxygen atoms in total. The quantitative estimate of drug-likeness (QED) is 0.462. The van der Waals surface area contributed by atoms with Crippen LogP contribution in [-0.2, 0) is 18.4 Å². The molecular formula is C3H8O8P2. The van der Waals surface area contributed by atoms with Gasteiger partial charge in [-0.3, -0.25) is 19.1 Å². The summed E-state index contributed by atoms with van der Waals surface area (Å²) in [5.41, 5.74) is 0. The lowest BCUT2D eigenvalue weighted by molar-refractivity contribution is -0.135. The average Bonchev–Trinajstić information content (AvgIpc) is 1.78. The van der Waals surface area contributed by atoms with E-state index in [1.54, 1.807) is 0 Å². The van der Waals surface area contributed by atoms with E-state index >= 15 is 0 Å². The van der Waals surface area contributed by atoms with Crippen LogP contribution in [0, 0.1) is 0 Å². The third-order valence-electron chi connectivity index (χ3n) is 0.828. The number of carbonyl (C=O) groups excluding carboxylic acids is 1. The Morgan fingerprint density at radius 3 is 1.92 bits per heavy atom. The van der Waals surface area contributed by atoms with Gasteiger partial charge in [-0.1, -0.05) is 0 Å². The first-order chi connectivity index (χ1) is 5.60. The van der Waals surface area contributed by atoms with Gasteiger partial charge in [0.25, 0.3) is 0 Å². The molecule has 0 saturated carbocycles. The standard InChI is InChI=1S/C3H8O8P2/c4-3(11-13(8,9)10)1-2-12(5,6)7/h1-2H2,(H2,5,6,7)(H2,8,9,10). The Morgan fingerprint density at radius 1 is 1.15 bits per heavy atom. The fraction of sp³-hybridized carbons (Fsp3) is 0.667. The van der Waals surface area contributed by atoms with Crippen molar-refractivity contribution < 1.29 is 38.0 Å². The predicted octanol–water partition coefficient (Wildman–Crippen LogP) is -0.810. The predicted molar refractivity (Wildman–Crippen MR) is 39.7 cm³/mol. The zero-order valence-corrected chi connectivity index (χ0v) is 8.02. The molecule has 0 aliphatic rings. The van der Waals surface area contributed by atoms with Gasteiger partial charge in [0, 0.05) is 0 Å². The molecule has 0 aliphatic carbocycles. The third-order valence-corrected chi connectivity index (χ3v) is 2.08. The highest BCUT2D eigenvalue weighted by atomic mass is 31.2. The summed E-state index contributed by atoms with van der Waals surface area (Å²) in [6.07, 6.45) is -1.54. The Balaban J connectivity index is 3.92. The molecule has 0 atom stereocenters. The second kappa shape index (κ2) is 4.32. The number of phosphoric ester groups is 1. The summed E-state index contributed by atoms with van der Waals surface area (Å²) < 4.78 is 23.7. The number of carbonyl (C=O) groups is 1. The van der Waals surface area contributed by atoms with Crippen LogP contribution in [0.25, 0.3) is 0 Å². The van der Waals surface area contributed by atoms with Gasteiger partial charge in [0.1, 0.15) is 0 Å². The lowest BCUT2D eigenvalue weighted by atomic mass is 10.5. The average molecular weight is 234 g/mol. The first-order valence-corrected chi connectivity index (χ1v) is 6.25. The monoisotopic (exact) mass is 234 g/mol. The highest BCUT2D eigenvalue weighted by Gasteiger charge is 2.23. The smallest absolute Gasteiger partial charge is 0.371 e. The topological polar surface area (TPSA) is 141 Å². The maximum atomic E-state index is 10.4. The van der Waals surface area contributed by atoms with Gasteiger partial charge in [-0.05, 0) is 0 Å². The lowest BCUT2D eigenvalue weighted by Crippen LogP contribution is -2.05. The van der Waals surface area contributed by atoms with E-state index in [2.05, 4.69) is 4.52 Å². The van der Waals surface area contributed by atoms with Gasteiger partial charge in [-0.25, -0.2) is 4.57 Å². The maximum absolute atomic E-state index is 10.4. The van der Waals surface area contributed by atoms with Crippen molar-refractivity contribution in [3.8, 4) is 0 Å². The van der Waals surface area contributed by atoms with Crippen LogP contribution in [0.2, 0.25) is 0 Å². The van der Waals surface area contributed by atoms with Crippen LogP contribution < -0.4 is 0 Å². The molecule has 0 bridgehead atoms. The highest BCUT2D eigenvalue weighted by Crippen LogP contribution is 2.38. The lowest BCUT2D eigenvalue weighted by Gasteiger charge is -2.05. The molecule has 0 aromatic rings. The highest BCUT2D eigenvalue weighted by molar-refractivity contribution is 7.51. The maximum Gasteiger partial charge on any atom is 0.526 e. The van der Waals surface area contributed by atoms with Crippen molar-refractivity contribution in [2.24, 2.45) is 0 Å². The molecule has 0 aromatic heterocycles. The van der Waals surface area contributed by atoms with E-state index in [9.17, 15) is 13.9 Å². The first kappa shape index (κ1) is 12.8. The largest absolute Gasteiger partial charge is 0.526 e. The van der Waals surface area contributed by atoms with E-state index in [1.807, 2.05) is 0 Å². The van der Waals surface area contributed by atoms with Crippen LogP contribution in [0.5, 0.6) is 0 Å². The SMILES string of the molecule is O=C(CCP(=O)(O)O)OP(=O)(O)O. The van der Waals surface area contributed by atoms with Crippen molar-refractivity contribution in [2.45, 2.75) is 6.42 Å². The minimum Gasteiger partial charge on any atom is -0.371 e. The summed E-state index contributed by atoms with van der Waals surface area (Å²) >= 11 is 0. The van der Waals surface area contributed by atoms with Crippen LogP contribution in [0.1, 0.15) is 6.42 Å². The van der Waals surface area contributed by atoms with E-state index in [0.29, 0.717) is 0 Å². The zero-order chi connectivity index (χ0) is 10.7. The Labute approximate surface area is 72.9 Å². The van der Waals surface area contributed by atoms with Crippen molar-refractivity contribution >= 4 is 21.4 Å². The molecule has 0 unspecified atom stereocenters. The van der Waals surface area contributed by atoms with Crippen LogP contribution in [0.15, 0.2) is 0 Å². The van der Waals surface area contributed by atoms with E-state index in [4.69, 9.17) is 19.6 Å². The van der Waals surface area contributed by atoms with E-state index in [-0.39, 0.29) is 0 Å². The molecule has 10 heteroatoms. The third kappa shape index (κ3) is 9.69. The number of rotatable bonds is 4. The molecule has 4 N–H and O–H groups in total. The van der Waals surface area contributed by atoms with E-state index < -0.39 is 34.0 Å². The molecule has 78 valence electrons. The number of hydrogen-bond donors (Lipinski definition) is 4.